The normalized spacial score (nSPS) is 11.5. The van der Waals surface area contributed by atoms with Crippen LogP contribution in [0.4, 0.5) is 0 Å². The van der Waals surface area contributed by atoms with Crippen LogP contribution in [0.15, 0.2) is 78.9 Å². The van der Waals surface area contributed by atoms with E-state index in [0.717, 1.165) is 16.9 Å². The molecule has 0 aromatic heterocycles. The lowest BCUT2D eigenvalue weighted by Crippen LogP contribution is -2.29. The highest BCUT2D eigenvalue weighted by Gasteiger charge is 2.22. The summed E-state index contributed by atoms with van der Waals surface area (Å²) in [5, 5.41) is 2.90. The Morgan fingerprint density at radius 1 is 0.788 bits per heavy atom. The molecule has 0 saturated carbocycles. The molecule has 0 aliphatic carbocycles. The van der Waals surface area contributed by atoms with Crippen molar-refractivity contribution < 1.29 is 23.8 Å². The molecular weight excluding hydrogens is 418 g/mol. The number of nitrogens with one attached hydrogen (secondary N) is 1. The third-order valence-electron chi connectivity index (χ3n) is 5.24. The first-order chi connectivity index (χ1) is 16.1. The molecule has 3 aromatic carbocycles. The highest BCUT2D eigenvalue weighted by molar-refractivity contribution is 5.99. The van der Waals surface area contributed by atoms with Gasteiger partial charge in [0.25, 0.3) is 0 Å². The van der Waals surface area contributed by atoms with E-state index in [1.54, 1.807) is 38.5 Å². The highest BCUT2D eigenvalue weighted by Crippen LogP contribution is 2.18. The van der Waals surface area contributed by atoms with Crippen LogP contribution < -0.4 is 14.8 Å². The number of hydrogen-bond acceptors (Lipinski definition) is 5. The van der Waals surface area contributed by atoms with Gasteiger partial charge < -0.3 is 19.5 Å². The van der Waals surface area contributed by atoms with Crippen LogP contribution in [-0.4, -0.2) is 32.0 Å². The molecule has 1 N–H and O–H groups in total. The molecule has 0 saturated heterocycles. The first-order valence-corrected chi connectivity index (χ1v) is 10.8. The van der Waals surface area contributed by atoms with Gasteiger partial charge in [0.15, 0.2) is 5.78 Å². The zero-order valence-corrected chi connectivity index (χ0v) is 19.0. The quantitative estimate of drug-likeness (QED) is 0.412. The van der Waals surface area contributed by atoms with Gasteiger partial charge in [-0.2, -0.15) is 0 Å². The lowest BCUT2D eigenvalue weighted by Gasteiger charge is -2.17. The molecule has 1 amide bonds. The number of Topliss-reactive ketones (excluding diaryl/α,β-unsaturated/α-hetero) is 1. The fourth-order valence-corrected chi connectivity index (χ4v) is 3.30. The van der Waals surface area contributed by atoms with Gasteiger partial charge in [0.2, 0.25) is 5.91 Å². The maximum atomic E-state index is 13.1. The van der Waals surface area contributed by atoms with Crippen LogP contribution in [-0.2, 0) is 22.7 Å². The van der Waals surface area contributed by atoms with Gasteiger partial charge in [0.05, 0.1) is 20.8 Å². The Hall–Kier alpha value is -3.64. The van der Waals surface area contributed by atoms with Gasteiger partial charge in [-0.05, 0) is 53.9 Å². The maximum absolute atomic E-state index is 13.1. The van der Waals surface area contributed by atoms with Crippen LogP contribution in [0.25, 0.3) is 0 Å². The van der Waals surface area contributed by atoms with Crippen molar-refractivity contribution in [3.05, 3.63) is 95.6 Å². The number of methoxy groups -OCH3 is 2. The molecule has 6 nitrogen and oxygen atoms in total. The van der Waals surface area contributed by atoms with E-state index in [0.29, 0.717) is 24.5 Å². The minimum absolute atomic E-state index is 0.137. The molecule has 1 atom stereocenters. The van der Waals surface area contributed by atoms with E-state index in [-0.39, 0.29) is 24.5 Å². The fourth-order valence-electron chi connectivity index (χ4n) is 3.30. The summed E-state index contributed by atoms with van der Waals surface area (Å²) in [5.41, 5.74) is 2.46. The number of carbonyl (C=O) groups is 2. The Bertz CT molecular complexity index is 1020. The minimum atomic E-state index is -0.731. The molecule has 33 heavy (non-hydrogen) atoms. The average molecular weight is 448 g/mol. The van der Waals surface area contributed by atoms with Crippen molar-refractivity contribution in [3.8, 4) is 11.5 Å². The number of carbonyl (C=O) groups excluding carboxylic acids is 2. The SMILES string of the molecule is COc1ccc(CNC(=O)CC[C@H](OCc2ccccc2)C(=O)c2ccc(OC)cc2)cc1. The van der Waals surface area contributed by atoms with Gasteiger partial charge in [-0.1, -0.05) is 42.5 Å². The van der Waals surface area contributed by atoms with Crippen molar-refractivity contribution in [3.63, 3.8) is 0 Å². The number of ether oxygens (including phenoxy) is 3. The first kappa shape index (κ1) is 24.0. The molecule has 0 unspecified atom stereocenters. The Morgan fingerprint density at radius 2 is 1.39 bits per heavy atom. The van der Waals surface area contributed by atoms with E-state index in [9.17, 15) is 9.59 Å². The highest BCUT2D eigenvalue weighted by atomic mass is 16.5. The molecule has 3 rings (SSSR count). The van der Waals surface area contributed by atoms with Crippen molar-refractivity contribution in [2.24, 2.45) is 0 Å². The van der Waals surface area contributed by atoms with E-state index in [2.05, 4.69) is 5.32 Å². The van der Waals surface area contributed by atoms with E-state index in [1.165, 1.54) is 0 Å². The molecule has 0 aliphatic rings. The Labute approximate surface area is 194 Å². The van der Waals surface area contributed by atoms with Gasteiger partial charge in [0.1, 0.15) is 17.6 Å². The van der Waals surface area contributed by atoms with Crippen LogP contribution in [0.1, 0.15) is 34.3 Å². The van der Waals surface area contributed by atoms with Gasteiger partial charge in [0, 0.05) is 18.5 Å². The largest absolute Gasteiger partial charge is 0.497 e. The summed E-state index contributed by atoms with van der Waals surface area (Å²) in [4.78, 5) is 25.6. The topological polar surface area (TPSA) is 73.9 Å². The summed E-state index contributed by atoms with van der Waals surface area (Å²) in [7, 11) is 3.19. The van der Waals surface area contributed by atoms with Gasteiger partial charge >= 0.3 is 0 Å². The zero-order valence-electron chi connectivity index (χ0n) is 19.0. The lowest BCUT2D eigenvalue weighted by atomic mass is 10.0. The molecule has 0 spiro atoms. The van der Waals surface area contributed by atoms with Crippen molar-refractivity contribution in [2.75, 3.05) is 14.2 Å². The van der Waals surface area contributed by atoms with Crippen LogP contribution in [0.2, 0.25) is 0 Å². The number of hydrogen-bond donors (Lipinski definition) is 1. The third kappa shape index (κ3) is 7.47. The van der Waals surface area contributed by atoms with E-state index in [4.69, 9.17) is 14.2 Å². The number of ketones is 1. The summed E-state index contributed by atoms with van der Waals surface area (Å²) < 4.78 is 16.3. The van der Waals surface area contributed by atoms with Crippen molar-refractivity contribution >= 4 is 11.7 Å². The molecule has 0 fully saturated rings. The molecular formula is C27H29NO5. The summed E-state index contributed by atoms with van der Waals surface area (Å²) >= 11 is 0. The van der Waals surface area contributed by atoms with Gasteiger partial charge in [-0.3, -0.25) is 9.59 Å². The first-order valence-electron chi connectivity index (χ1n) is 10.8. The summed E-state index contributed by atoms with van der Waals surface area (Å²) in [6.07, 6.45) is -0.269. The molecule has 0 bridgehead atoms. The van der Waals surface area contributed by atoms with Crippen LogP contribution in [0.3, 0.4) is 0 Å². The fraction of sp³-hybridized carbons (Fsp3) is 0.259. The van der Waals surface area contributed by atoms with E-state index < -0.39 is 6.10 Å². The monoisotopic (exact) mass is 447 g/mol. The molecule has 0 aliphatic heterocycles. The molecule has 6 heteroatoms. The lowest BCUT2D eigenvalue weighted by molar-refractivity contribution is -0.121. The molecule has 0 radical (unpaired) electrons. The van der Waals surface area contributed by atoms with Crippen molar-refractivity contribution in [1.29, 1.82) is 0 Å². The third-order valence-corrected chi connectivity index (χ3v) is 5.24. The number of amides is 1. The summed E-state index contributed by atoms with van der Waals surface area (Å²) in [6, 6.07) is 24.1. The average Bonchev–Trinajstić information content (AvgIpc) is 2.88. The maximum Gasteiger partial charge on any atom is 0.220 e. The van der Waals surface area contributed by atoms with Crippen molar-refractivity contribution in [2.45, 2.75) is 32.1 Å². The Morgan fingerprint density at radius 3 is 2.00 bits per heavy atom. The van der Waals surface area contributed by atoms with Crippen LogP contribution in [0, 0.1) is 0 Å². The second kappa shape index (κ2) is 12.4. The Kier molecular flexibility index (Phi) is 9.03. The Balaban J connectivity index is 1.59. The number of rotatable bonds is 12. The van der Waals surface area contributed by atoms with Gasteiger partial charge in [-0.25, -0.2) is 0 Å². The van der Waals surface area contributed by atoms with Crippen LogP contribution in [0.5, 0.6) is 11.5 Å². The smallest absolute Gasteiger partial charge is 0.220 e. The summed E-state index contributed by atoms with van der Waals surface area (Å²) in [6.45, 7) is 0.700. The second-order valence-corrected chi connectivity index (χ2v) is 7.54. The molecule has 3 aromatic rings. The zero-order chi connectivity index (χ0) is 23.5. The standard InChI is InChI=1S/C27H29NO5/c1-31-23-12-8-20(9-13-23)18-28-26(29)17-16-25(33-19-21-6-4-3-5-7-21)27(30)22-10-14-24(32-2)15-11-22/h3-15,25H,16-19H2,1-2H3,(H,28,29)/t25-/m0/s1. The van der Waals surface area contributed by atoms with E-state index >= 15 is 0 Å². The van der Waals surface area contributed by atoms with Crippen molar-refractivity contribution in [1.82, 2.24) is 5.32 Å². The number of benzene rings is 3. The van der Waals surface area contributed by atoms with Gasteiger partial charge in [-0.15, -0.1) is 0 Å². The molecule has 0 heterocycles. The second-order valence-electron chi connectivity index (χ2n) is 7.54. The minimum Gasteiger partial charge on any atom is -0.497 e. The summed E-state index contributed by atoms with van der Waals surface area (Å²) in [5.74, 6) is 1.14. The predicted molar refractivity (Wildman–Crippen MR) is 126 cm³/mol. The van der Waals surface area contributed by atoms with E-state index in [1.807, 2.05) is 54.6 Å². The molecule has 172 valence electrons. The van der Waals surface area contributed by atoms with Crippen LogP contribution >= 0.6 is 0 Å². The predicted octanol–water partition coefficient (Wildman–Crippen LogP) is 4.57.